The number of primary amides is 1. The number of rotatable bonds is 7. The maximum absolute atomic E-state index is 11.8. The third kappa shape index (κ3) is 4.54. The number of piperidine rings is 1. The fourth-order valence-corrected chi connectivity index (χ4v) is 3.24. The molecule has 1 aliphatic carbocycles. The van der Waals surface area contributed by atoms with Crippen LogP contribution in [0.15, 0.2) is 12.4 Å². The van der Waals surface area contributed by atoms with Gasteiger partial charge < -0.3 is 20.5 Å². The summed E-state index contributed by atoms with van der Waals surface area (Å²) in [4.78, 5) is 29.7. The number of hydrogen-bond acceptors (Lipinski definition) is 4. The first-order valence-electron chi connectivity index (χ1n) is 8.43. The number of nitrogens with two attached hydrogens (primary N) is 1. The van der Waals surface area contributed by atoms with E-state index in [0.29, 0.717) is 18.4 Å². The van der Waals surface area contributed by atoms with Crippen molar-refractivity contribution < 1.29 is 9.59 Å². The Morgan fingerprint density at radius 3 is 2.91 bits per heavy atom. The van der Waals surface area contributed by atoms with Crippen LogP contribution in [0.1, 0.15) is 43.8 Å². The van der Waals surface area contributed by atoms with E-state index in [-0.39, 0.29) is 18.4 Å². The molecule has 7 heteroatoms. The van der Waals surface area contributed by atoms with E-state index in [9.17, 15) is 9.59 Å². The van der Waals surface area contributed by atoms with Crippen LogP contribution in [0.5, 0.6) is 0 Å². The molecule has 0 aromatic carbocycles. The molecule has 7 nitrogen and oxygen atoms in total. The number of nitrogens with one attached hydrogen (secondary N) is 1. The lowest BCUT2D eigenvalue weighted by atomic mass is 9.97. The lowest BCUT2D eigenvalue weighted by Gasteiger charge is -2.32. The van der Waals surface area contributed by atoms with Gasteiger partial charge in [0.1, 0.15) is 12.4 Å². The summed E-state index contributed by atoms with van der Waals surface area (Å²) in [6, 6.07) is 0.429. The van der Waals surface area contributed by atoms with Gasteiger partial charge in [0.15, 0.2) is 0 Å². The predicted molar refractivity (Wildman–Crippen MR) is 85.6 cm³/mol. The molecular formula is C16H25N5O2. The van der Waals surface area contributed by atoms with Crippen LogP contribution in [0.25, 0.3) is 0 Å². The van der Waals surface area contributed by atoms with Crippen LogP contribution in [0.4, 0.5) is 0 Å². The monoisotopic (exact) mass is 319 g/mol. The third-order valence-corrected chi connectivity index (χ3v) is 4.54. The number of hydrogen-bond donors (Lipinski definition) is 2. The summed E-state index contributed by atoms with van der Waals surface area (Å²) < 4.78 is 1.84. The number of carbonyl (C=O) groups is 2. The zero-order valence-corrected chi connectivity index (χ0v) is 13.4. The fourth-order valence-electron chi connectivity index (χ4n) is 3.24. The van der Waals surface area contributed by atoms with Gasteiger partial charge in [0.25, 0.3) is 0 Å². The summed E-state index contributed by atoms with van der Waals surface area (Å²) in [6.07, 6.45) is 8.47. The van der Waals surface area contributed by atoms with Gasteiger partial charge in [-0.3, -0.25) is 9.59 Å². The number of amides is 2. The lowest BCUT2D eigenvalue weighted by molar-refractivity contribution is -0.121. The van der Waals surface area contributed by atoms with Crippen LogP contribution in [0.2, 0.25) is 0 Å². The van der Waals surface area contributed by atoms with E-state index in [1.807, 2.05) is 10.8 Å². The summed E-state index contributed by atoms with van der Waals surface area (Å²) in [5.41, 5.74) is 5.29. The third-order valence-electron chi connectivity index (χ3n) is 4.54. The maximum atomic E-state index is 11.8. The van der Waals surface area contributed by atoms with E-state index >= 15 is 0 Å². The maximum Gasteiger partial charge on any atom is 0.237 e. The second-order valence-corrected chi connectivity index (χ2v) is 6.61. The minimum Gasteiger partial charge on any atom is -0.368 e. The van der Waals surface area contributed by atoms with Crippen molar-refractivity contribution in [2.24, 2.45) is 5.73 Å². The molecule has 1 saturated heterocycles. The van der Waals surface area contributed by atoms with Gasteiger partial charge in [-0.1, -0.05) is 0 Å². The molecule has 2 aliphatic rings. The van der Waals surface area contributed by atoms with E-state index in [2.05, 4.69) is 15.2 Å². The minimum atomic E-state index is -0.353. The number of aromatic nitrogens is 2. The number of imidazole rings is 1. The molecule has 1 saturated carbocycles. The topological polar surface area (TPSA) is 93.2 Å². The van der Waals surface area contributed by atoms with Gasteiger partial charge in [-0.25, -0.2) is 4.98 Å². The first-order valence-corrected chi connectivity index (χ1v) is 8.43. The Morgan fingerprint density at radius 1 is 1.35 bits per heavy atom. The summed E-state index contributed by atoms with van der Waals surface area (Å²) in [5, 5.41) is 3.03. The van der Waals surface area contributed by atoms with Gasteiger partial charge in [-0.15, -0.1) is 0 Å². The van der Waals surface area contributed by atoms with Crippen LogP contribution in [0, 0.1) is 0 Å². The largest absolute Gasteiger partial charge is 0.368 e. The first-order chi connectivity index (χ1) is 11.1. The summed E-state index contributed by atoms with van der Waals surface area (Å²) in [5.74, 6) is 1.03. The SMILES string of the molecule is NC(=O)Cn1ccnc1[C@@H]1CCCN(CCC(=O)NC2CC2)C1. The highest BCUT2D eigenvalue weighted by molar-refractivity contribution is 5.76. The van der Waals surface area contributed by atoms with E-state index < -0.39 is 0 Å². The van der Waals surface area contributed by atoms with Crippen molar-refractivity contribution in [1.82, 2.24) is 19.8 Å². The average Bonchev–Trinajstić information content (AvgIpc) is 3.21. The van der Waals surface area contributed by atoms with Crippen LogP contribution in [-0.2, 0) is 16.1 Å². The second-order valence-electron chi connectivity index (χ2n) is 6.61. The molecule has 2 fully saturated rings. The highest BCUT2D eigenvalue weighted by Gasteiger charge is 2.26. The Balaban J connectivity index is 1.52. The van der Waals surface area contributed by atoms with Gasteiger partial charge in [-0.2, -0.15) is 0 Å². The normalized spacial score (nSPS) is 22.0. The summed E-state index contributed by atoms with van der Waals surface area (Å²) in [6.45, 7) is 2.86. The smallest absolute Gasteiger partial charge is 0.237 e. The van der Waals surface area contributed by atoms with Crippen molar-refractivity contribution in [3.05, 3.63) is 18.2 Å². The summed E-state index contributed by atoms with van der Waals surface area (Å²) >= 11 is 0. The van der Waals surface area contributed by atoms with E-state index in [1.54, 1.807) is 6.20 Å². The van der Waals surface area contributed by atoms with Crippen LogP contribution in [-0.4, -0.2) is 51.9 Å². The minimum absolute atomic E-state index is 0.157. The van der Waals surface area contributed by atoms with Crippen LogP contribution >= 0.6 is 0 Å². The van der Waals surface area contributed by atoms with Crippen LogP contribution < -0.4 is 11.1 Å². The lowest BCUT2D eigenvalue weighted by Crippen LogP contribution is -2.38. The molecule has 1 aromatic rings. The fraction of sp³-hybridized carbons (Fsp3) is 0.688. The van der Waals surface area contributed by atoms with Gasteiger partial charge in [0.05, 0.1) is 0 Å². The zero-order valence-electron chi connectivity index (χ0n) is 13.4. The zero-order chi connectivity index (χ0) is 16.2. The molecule has 23 heavy (non-hydrogen) atoms. The van der Waals surface area contributed by atoms with E-state index in [1.165, 1.54) is 0 Å². The van der Waals surface area contributed by atoms with Crippen molar-refractivity contribution >= 4 is 11.8 Å². The van der Waals surface area contributed by atoms with Gasteiger partial charge in [0.2, 0.25) is 11.8 Å². The molecule has 0 unspecified atom stereocenters. The Hall–Kier alpha value is -1.89. The summed E-state index contributed by atoms with van der Waals surface area (Å²) in [7, 11) is 0. The van der Waals surface area contributed by atoms with Crippen LogP contribution in [0.3, 0.4) is 0 Å². The molecule has 0 bridgehead atoms. The van der Waals surface area contributed by atoms with Crippen molar-refractivity contribution in [2.45, 2.75) is 50.6 Å². The number of carbonyl (C=O) groups excluding carboxylic acids is 2. The second kappa shape index (κ2) is 7.12. The molecule has 1 atom stereocenters. The molecule has 2 heterocycles. The molecule has 1 aromatic heterocycles. The quantitative estimate of drug-likeness (QED) is 0.751. The standard InChI is InChI=1S/C16H25N5O2/c17-14(22)11-21-9-6-18-16(21)12-2-1-7-20(10-12)8-5-15(23)19-13-3-4-13/h6,9,12-13H,1-5,7-8,10-11H2,(H2,17,22)(H,19,23)/t12-/m1/s1. The number of likely N-dealkylation sites (tertiary alicyclic amines) is 1. The van der Waals surface area contributed by atoms with Gasteiger partial charge in [0, 0.05) is 43.9 Å². The molecule has 126 valence electrons. The van der Waals surface area contributed by atoms with Gasteiger partial charge in [-0.05, 0) is 32.2 Å². The Morgan fingerprint density at radius 2 is 2.17 bits per heavy atom. The average molecular weight is 319 g/mol. The molecular weight excluding hydrogens is 294 g/mol. The molecule has 0 spiro atoms. The Kier molecular flexibility index (Phi) is 4.95. The van der Waals surface area contributed by atoms with Gasteiger partial charge >= 0.3 is 0 Å². The van der Waals surface area contributed by atoms with Crippen molar-refractivity contribution in [3.63, 3.8) is 0 Å². The first kappa shape index (κ1) is 16.0. The van der Waals surface area contributed by atoms with E-state index in [0.717, 1.165) is 51.1 Å². The Labute approximate surface area is 136 Å². The number of nitrogens with zero attached hydrogens (tertiary/aromatic N) is 3. The highest BCUT2D eigenvalue weighted by Crippen LogP contribution is 2.26. The Bertz CT molecular complexity index is 567. The molecule has 3 N–H and O–H groups in total. The highest BCUT2D eigenvalue weighted by atomic mass is 16.2. The molecule has 2 amide bonds. The molecule has 0 radical (unpaired) electrons. The van der Waals surface area contributed by atoms with E-state index in [4.69, 9.17) is 5.73 Å². The van der Waals surface area contributed by atoms with Crippen molar-refractivity contribution in [2.75, 3.05) is 19.6 Å². The molecule has 1 aliphatic heterocycles. The molecule has 3 rings (SSSR count). The van der Waals surface area contributed by atoms with Crippen molar-refractivity contribution in [3.8, 4) is 0 Å². The predicted octanol–water partition coefficient (Wildman–Crippen LogP) is 0.216. The van der Waals surface area contributed by atoms with Crippen molar-refractivity contribution in [1.29, 1.82) is 0 Å².